The summed E-state index contributed by atoms with van der Waals surface area (Å²) >= 11 is 0. The minimum Gasteiger partial charge on any atom is -0.480 e. The number of amides is 3. The normalized spacial score (nSPS) is 14.2. The molecule has 25 heavy (non-hydrogen) atoms. The van der Waals surface area contributed by atoms with E-state index in [1.54, 1.807) is 0 Å². The Balaban J connectivity index is 2.73. The Hall–Kier alpha value is -2.99. The molecule has 3 atom stereocenters. The molecular weight excluding hydrogens is 336 g/mol. The van der Waals surface area contributed by atoms with Crippen LogP contribution in [0.25, 0.3) is 0 Å². The fourth-order valence-corrected chi connectivity index (χ4v) is 1.87. The molecule has 12 heteroatoms. The molecule has 0 bridgehead atoms. The molecule has 9 N–H and O–H groups in total. The molecule has 0 radical (unpaired) electrons. The van der Waals surface area contributed by atoms with Crippen LogP contribution in [-0.2, 0) is 25.6 Å². The van der Waals surface area contributed by atoms with Gasteiger partial charge in [0.1, 0.15) is 12.1 Å². The van der Waals surface area contributed by atoms with Crippen molar-refractivity contribution in [1.29, 1.82) is 0 Å². The smallest absolute Gasteiger partial charge is 0.328 e. The molecule has 3 amide bonds. The van der Waals surface area contributed by atoms with E-state index in [2.05, 4.69) is 15.3 Å². The van der Waals surface area contributed by atoms with Crippen molar-refractivity contribution in [3.8, 4) is 0 Å². The van der Waals surface area contributed by atoms with Crippen LogP contribution < -0.4 is 22.1 Å². The molecule has 0 aliphatic carbocycles. The van der Waals surface area contributed by atoms with Gasteiger partial charge in [-0.1, -0.05) is 0 Å². The number of carboxylic acid groups (broad SMARTS) is 1. The number of carbonyl (C=O) groups excluding carboxylic acids is 3. The van der Waals surface area contributed by atoms with E-state index in [0.717, 1.165) is 0 Å². The van der Waals surface area contributed by atoms with Gasteiger partial charge in [-0.25, -0.2) is 9.78 Å². The number of carbonyl (C=O) groups is 4. The van der Waals surface area contributed by atoms with E-state index in [1.165, 1.54) is 12.5 Å². The van der Waals surface area contributed by atoms with Gasteiger partial charge in [0.2, 0.25) is 17.7 Å². The third-order valence-corrected chi connectivity index (χ3v) is 3.17. The summed E-state index contributed by atoms with van der Waals surface area (Å²) in [6, 6.07) is -4.05. The molecule has 3 unspecified atom stereocenters. The lowest BCUT2D eigenvalue weighted by Crippen LogP contribution is -2.56. The summed E-state index contributed by atoms with van der Waals surface area (Å²) in [6.45, 7) is -0.863. The molecule has 0 saturated carbocycles. The van der Waals surface area contributed by atoms with Crippen molar-refractivity contribution in [2.75, 3.05) is 6.61 Å². The van der Waals surface area contributed by atoms with E-state index in [-0.39, 0.29) is 6.42 Å². The van der Waals surface area contributed by atoms with Crippen LogP contribution >= 0.6 is 0 Å². The van der Waals surface area contributed by atoms with Crippen LogP contribution in [0.1, 0.15) is 12.1 Å². The Morgan fingerprint density at radius 3 is 2.32 bits per heavy atom. The topological polar surface area (TPSA) is 214 Å². The number of hydrogen-bond acceptors (Lipinski definition) is 7. The van der Waals surface area contributed by atoms with Crippen LogP contribution in [0.2, 0.25) is 0 Å². The Kier molecular flexibility index (Phi) is 7.49. The van der Waals surface area contributed by atoms with E-state index in [9.17, 15) is 19.2 Å². The van der Waals surface area contributed by atoms with Gasteiger partial charge in [-0.05, 0) is 0 Å². The molecule has 12 nitrogen and oxygen atoms in total. The first-order valence-electron chi connectivity index (χ1n) is 7.20. The summed E-state index contributed by atoms with van der Waals surface area (Å²) in [5.74, 6) is -4.09. The Bertz CT molecular complexity index is 619. The van der Waals surface area contributed by atoms with Gasteiger partial charge in [0, 0.05) is 18.3 Å². The van der Waals surface area contributed by atoms with Crippen LogP contribution in [0.3, 0.4) is 0 Å². The number of aromatic amines is 1. The third kappa shape index (κ3) is 6.56. The second-order valence-corrected chi connectivity index (χ2v) is 5.20. The molecule has 0 aliphatic heterocycles. The number of nitrogens with one attached hydrogen (secondary N) is 3. The number of carboxylic acids is 1. The third-order valence-electron chi connectivity index (χ3n) is 3.17. The van der Waals surface area contributed by atoms with Crippen molar-refractivity contribution >= 4 is 23.7 Å². The SMILES string of the molecule is NC(=O)CC(NC(=O)C(N)Cc1cnc[nH]1)C(=O)NC(CO)C(=O)O. The highest BCUT2D eigenvalue weighted by atomic mass is 16.4. The molecule has 0 fully saturated rings. The molecule has 0 saturated heterocycles. The number of hydrogen-bond donors (Lipinski definition) is 7. The Morgan fingerprint density at radius 2 is 1.84 bits per heavy atom. The highest BCUT2D eigenvalue weighted by Gasteiger charge is 2.28. The van der Waals surface area contributed by atoms with Gasteiger partial charge in [-0.15, -0.1) is 0 Å². The number of rotatable bonds is 10. The number of primary amides is 1. The quantitative estimate of drug-likeness (QED) is 0.220. The standard InChI is InChI=1S/C13H20N6O6/c14-7(1-6-3-16-5-17-6)11(22)18-8(2-10(15)21)12(23)19-9(4-20)13(24)25/h3,5,7-9,20H,1-2,4,14H2,(H2,15,21)(H,16,17)(H,18,22)(H,19,23)(H,24,25). The number of nitrogens with two attached hydrogens (primary N) is 2. The van der Waals surface area contributed by atoms with Gasteiger partial charge in [-0.2, -0.15) is 0 Å². The lowest BCUT2D eigenvalue weighted by Gasteiger charge is -2.21. The molecule has 1 aromatic heterocycles. The van der Waals surface area contributed by atoms with E-state index < -0.39 is 54.8 Å². The number of aromatic nitrogens is 2. The second-order valence-electron chi connectivity index (χ2n) is 5.20. The fourth-order valence-electron chi connectivity index (χ4n) is 1.87. The number of aliphatic hydroxyl groups excluding tert-OH is 1. The van der Waals surface area contributed by atoms with Crippen molar-refractivity contribution in [2.45, 2.75) is 31.0 Å². The molecule has 0 spiro atoms. The first kappa shape index (κ1) is 20.1. The second kappa shape index (κ2) is 9.34. The van der Waals surface area contributed by atoms with Crippen LogP contribution in [0.5, 0.6) is 0 Å². The van der Waals surface area contributed by atoms with Crippen molar-refractivity contribution in [3.63, 3.8) is 0 Å². The average Bonchev–Trinajstić information content (AvgIpc) is 3.03. The van der Waals surface area contributed by atoms with Gasteiger partial charge in [-0.3, -0.25) is 14.4 Å². The maximum Gasteiger partial charge on any atom is 0.328 e. The van der Waals surface area contributed by atoms with Crippen LogP contribution in [0.15, 0.2) is 12.5 Å². The highest BCUT2D eigenvalue weighted by Crippen LogP contribution is 1.99. The summed E-state index contributed by atoms with van der Waals surface area (Å²) in [4.78, 5) is 52.6. The molecular formula is C13H20N6O6. The Labute approximate surface area is 142 Å². The fraction of sp³-hybridized carbons (Fsp3) is 0.462. The maximum atomic E-state index is 12.1. The van der Waals surface area contributed by atoms with Gasteiger partial charge in [0.25, 0.3) is 0 Å². The van der Waals surface area contributed by atoms with Crippen molar-refractivity contribution in [3.05, 3.63) is 18.2 Å². The lowest BCUT2D eigenvalue weighted by atomic mass is 10.1. The van der Waals surface area contributed by atoms with E-state index >= 15 is 0 Å². The average molecular weight is 356 g/mol. The Morgan fingerprint density at radius 1 is 1.20 bits per heavy atom. The van der Waals surface area contributed by atoms with E-state index in [0.29, 0.717) is 5.69 Å². The monoisotopic (exact) mass is 356 g/mol. The maximum absolute atomic E-state index is 12.1. The largest absolute Gasteiger partial charge is 0.480 e. The van der Waals surface area contributed by atoms with Gasteiger partial charge in [0.05, 0.1) is 25.4 Å². The van der Waals surface area contributed by atoms with Gasteiger partial charge < -0.3 is 37.3 Å². The predicted molar refractivity (Wildman–Crippen MR) is 82.7 cm³/mol. The zero-order valence-corrected chi connectivity index (χ0v) is 13.1. The molecule has 138 valence electrons. The number of aliphatic carboxylic acids is 1. The number of nitrogens with zero attached hydrogens (tertiary/aromatic N) is 1. The van der Waals surface area contributed by atoms with Crippen molar-refractivity contribution < 1.29 is 29.4 Å². The molecule has 0 aromatic carbocycles. The number of H-pyrrole nitrogens is 1. The zero-order valence-electron chi connectivity index (χ0n) is 13.1. The lowest BCUT2D eigenvalue weighted by molar-refractivity contribution is -0.143. The van der Waals surface area contributed by atoms with E-state index in [4.69, 9.17) is 21.7 Å². The van der Waals surface area contributed by atoms with Gasteiger partial charge >= 0.3 is 5.97 Å². The minimum atomic E-state index is -1.58. The summed E-state index contributed by atoms with van der Waals surface area (Å²) in [6.07, 6.45) is 2.42. The molecule has 1 heterocycles. The van der Waals surface area contributed by atoms with Crippen LogP contribution in [0.4, 0.5) is 0 Å². The zero-order chi connectivity index (χ0) is 19.0. The summed E-state index contributed by atoms with van der Waals surface area (Å²) < 4.78 is 0. The van der Waals surface area contributed by atoms with Crippen LogP contribution in [-0.4, -0.2) is 68.6 Å². The van der Waals surface area contributed by atoms with Crippen LogP contribution in [0, 0.1) is 0 Å². The first-order chi connectivity index (χ1) is 11.7. The minimum absolute atomic E-state index is 0.102. The first-order valence-corrected chi connectivity index (χ1v) is 7.20. The van der Waals surface area contributed by atoms with E-state index in [1.807, 2.05) is 5.32 Å². The molecule has 1 aromatic rings. The van der Waals surface area contributed by atoms with Gasteiger partial charge in [0.15, 0.2) is 0 Å². The molecule has 1 rings (SSSR count). The number of imidazole rings is 1. The molecule has 0 aliphatic rings. The predicted octanol–water partition coefficient (Wildman–Crippen LogP) is -3.80. The van der Waals surface area contributed by atoms with Crippen molar-refractivity contribution in [1.82, 2.24) is 20.6 Å². The highest BCUT2D eigenvalue weighted by molar-refractivity contribution is 5.94. The summed E-state index contributed by atoms with van der Waals surface area (Å²) in [7, 11) is 0. The van der Waals surface area contributed by atoms with Crippen molar-refractivity contribution in [2.24, 2.45) is 11.5 Å². The summed E-state index contributed by atoms with van der Waals surface area (Å²) in [5.41, 5.74) is 11.3. The summed E-state index contributed by atoms with van der Waals surface area (Å²) in [5, 5.41) is 22.0. The number of aliphatic hydroxyl groups is 1.